The standard InChI is InChI=1S/C15H28N2O3/c1-3-5-13-6-4-10-17(11-8-13)15(20)16-9-7-12(2)14(18)19/h12-13H,3-11H2,1-2H3,(H,16,20)(H,18,19). The monoisotopic (exact) mass is 284 g/mol. The largest absolute Gasteiger partial charge is 0.481 e. The molecule has 1 aliphatic heterocycles. The molecule has 0 saturated carbocycles. The minimum absolute atomic E-state index is 0.0419. The summed E-state index contributed by atoms with van der Waals surface area (Å²) in [5.74, 6) is -0.463. The molecular formula is C15H28N2O3. The van der Waals surface area contributed by atoms with Crippen LogP contribution in [-0.2, 0) is 4.79 Å². The summed E-state index contributed by atoms with van der Waals surface area (Å²) in [6, 6.07) is -0.0419. The number of hydrogen-bond acceptors (Lipinski definition) is 2. The zero-order valence-electron chi connectivity index (χ0n) is 12.7. The van der Waals surface area contributed by atoms with Gasteiger partial charge < -0.3 is 15.3 Å². The SMILES string of the molecule is CCCC1CCCN(C(=O)NCCC(C)C(=O)O)CC1. The van der Waals surface area contributed by atoms with Gasteiger partial charge in [0, 0.05) is 19.6 Å². The van der Waals surface area contributed by atoms with Gasteiger partial charge in [-0.15, -0.1) is 0 Å². The lowest BCUT2D eigenvalue weighted by molar-refractivity contribution is -0.141. The Bertz CT molecular complexity index is 320. The summed E-state index contributed by atoms with van der Waals surface area (Å²) in [5, 5.41) is 11.6. The zero-order chi connectivity index (χ0) is 15.0. The van der Waals surface area contributed by atoms with Crippen molar-refractivity contribution in [2.45, 2.75) is 52.4 Å². The van der Waals surface area contributed by atoms with Crippen molar-refractivity contribution in [2.24, 2.45) is 11.8 Å². The number of likely N-dealkylation sites (tertiary alicyclic amines) is 1. The molecule has 2 unspecified atom stereocenters. The van der Waals surface area contributed by atoms with Gasteiger partial charge in [0.15, 0.2) is 0 Å². The average Bonchev–Trinajstić information content (AvgIpc) is 2.64. The number of aliphatic carboxylic acids is 1. The van der Waals surface area contributed by atoms with Crippen LogP contribution in [0.4, 0.5) is 4.79 Å². The van der Waals surface area contributed by atoms with Crippen LogP contribution in [0.1, 0.15) is 52.4 Å². The van der Waals surface area contributed by atoms with E-state index < -0.39 is 11.9 Å². The number of nitrogens with zero attached hydrogens (tertiary/aromatic N) is 1. The maximum absolute atomic E-state index is 12.0. The van der Waals surface area contributed by atoms with Gasteiger partial charge in [0.1, 0.15) is 0 Å². The molecule has 1 rings (SSSR count). The summed E-state index contributed by atoms with van der Waals surface area (Å²) in [4.78, 5) is 24.6. The summed E-state index contributed by atoms with van der Waals surface area (Å²) in [6.07, 6.45) is 6.33. The number of carbonyl (C=O) groups is 2. The van der Waals surface area contributed by atoms with Gasteiger partial charge in [-0.1, -0.05) is 26.7 Å². The first-order valence-corrected chi connectivity index (χ1v) is 7.80. The van der Waals surface area contributed by atoms with E-state index in [2.05, 4.69) is 12.2 Å². The Morgan fingerprint density at radius 1 is 1.35 bits per heavy atom. The summed E-state index contributed by atoms with van der Waals surface area (Å²) >= 11 is 0. The van der Waals surface area contributed by atoms with E-state index in [-0.39, 0.29) is 6.03 Å². The van der Waals surface area contributed by atoms with Crippen LogP contribution in [-0.4, -0.2) is 41.6 Å². The molecule has 0 aromatic heterocycles. The van der Waals surface area contributed by atoms with E-state index in [0.717, 1.165) is 31.8 Å². The van der Waals surface area contributed by atoms with Crippen LogP contribution in [0.15, 0.2) is 0 Å². The normalized spacial score (nSPS) is 21.1. The number of urea groups is 1. The highest BCUT2D eigenvalue weighted by molar-refractivity contribution is 5.74. The van der Waals surface area contributed by atoms with Crippen LogP contribution < -0.4 is 5.32 Å². The molecule has 0 spiro atoms. The van der Waals surface area contributed by atoms with Crippen molar-refractivity contribution >= 4 is 12.0 Å². The van der Waals surface area contributed by atoms with Gasteiger partial charge >= 0.3 is 12.0 Å². The molecule has 20 heavy (non-hydrogen) atoms. The van der Waals surface area contributed by atoms with E-state index in [4.69, 9.17) is 5.11 Å². The Kier molecular flexibility index (Phi) is 7.41. The molecule has 0 radical (unpaired) electrons. The Hall–Kier alpha value is -1.26. The highest BCUT2D eigenvalue weighted by Gasteiger charge is 2.20. The lowest BCUT2D eigenvalue weighted by Gasteiger charge is -2.21. The van der Waals surface area contributed by atoms with Gasteiger partial charge in [-0.3, -0.25) is 4.79 Å². The molecular weight excluding hydrogens is 256 g/mol. The van der Waals surface area contributed by atoms with E-state index in [1.165, 1.54) is 19.3 Å². The number of nitrogens with one attached hydrogen (secondary N) is 1. The number of carbonyl (C=O) groups excluding carboxylic acids is 1. The molecule has 5 heteroatoms. The van der Waals surface area contributed by atoms with Crippen LogP contribution in [0.5, 0.6) is 0 Å². The predicted molar refractivity (Wildman–Crippen MR) is 78.6 cm³/mol. The predicted octanol–water partition coefficient (Wildman–Crippen LogP) is 2.71. The summed E-state index contributed by atoms with van der Waals surface area (Å²) in [6.45, 7) is 5.95. The first kappa shape index (κ1) is 16.8. The van der Waals surface area contributed by atoms with Gasteiger partial charge in [0.05, 0.1) is 5.92 Å². The first-order chi connectivity index (χ1) is 9.54. The van der Waals surface area contributed by atoms with Crippen LogP contribution in [0.2, 0.25) is 0 Å². The highest BCUT2D eigenvalue weighted by Crippen LogP contribution is 2.21. The van der Waals surface area contributed by atoms with E-state index >= 15 is 0 Å². The van der Waals surface area contributed by atoms with Gasteiger partial charge in [-0.25, -0.2) is 4.79 Å². The lowest BCUT2D eigenvalue weighted by atomic mass is 9.96. The van der Waals surface area contributed by atoms with Crippen LogP contribution >= 0.6 is 0 Å². The van der Waals surface area contributed by atoms with E-state index in [0.29, 0.717) is 13.0 Å². The van der Waals surface area contributed by atoms with Crippen molar-refractivity contribution in [3.05, 3.63) is 0 Å². The van der Waals surface area contributed by atoms with Crippen LogP contribution in [0.25, 0.3) is 0 Å². The number of hydrogen-bond donors (Lipinski definition) is 2. The second-order valence-corrected chi connectivity index (χ2v) is 5.83. The second-order valence-electron chi connectivity index (χ2n) is 5.83. The number of amides is 2. The first-order valence-electron chi connectivity index (χ1n) is 7.80. The Balaban J connectivity index is 2.27. The third-order valence-corrected chi connectivity index (χ3v) is 4.11. The Labute approximate surface area is 121 Å². The molecule has 2 amide bonds. The topological polar surface area (TPSA) is 69.6 Å². The smallest absolute Gasteiger partial charge is 0.317 e. The molecule has 5 nitrogen and oxygen atoms in total. The van der Waals surface area contributed by atoms with Crippen molar-refractivity contribution < 1.29 is 14.7 Å². The lowest BCUT2D eigenvalue weighted by Crippen LogP contribution is -2.41. The van der Waals surface area contributed by atoms with Crippen molar-refractivity contribution in [3.8, 4) is 0 Å². The fourth-order valence-corrected chi connectivity index (χ4v) is 2.70. The quantitative estimate of drug-likeness (QED) is 0.788. The van der Waals surface area contributed by atoms with Crippen LogP contribution in [0.3, 0.4) is 0 Å². The number of carboxylic acids is 1. The minimum atomic E-state index is -0.809. The summed E-state index contributed by atoms with van der Waals surface area (Å²) in [5.41, 5.74) is 0. The van der Waals surface area contributed by atoms with Gasteiger partial charge in [-0.05, 0) is 31.6 Å². The molecule has 116 valence electrons. The maximum atomic E-state index is 12.0. The third-order valence-electron chi connectivity index (χ3n) is 4.11. The van der Waals surface area contributed by atoms with Crippen molar-refractivity contribution in [2.75, 3.05) is 19.6 Å². The van der Waals surface area contributed by atoms with Crippen molar-refractivity contribution in [1.29, 1.82) is 0 Å². The fourth-order valence-electron chi connectivity index (χ4n) is 2.70. The molecule has 2 N–H and O–H groups in total. The molecule has 1 heterocycles. The van der Waals surface area contributed by atoms with E-state index in [1.807, 2.05) is 4.90 Å². The minimum Gasteiger partial charge on any atom is -0.481 e. The van der Waals surface area contributed by atoms with Crippen molar-refractivity contribution in [3.63, 3.8) is 0 Å². The maximum Gasteiger partial charge on any atom is 0.317 e. The number of carboxylic acid groups (broad SMARTS) is 1. The van der Waals surface area contributed by atoms with Crippen LogP contribution in [0, 0.1) is 11.8 Å². The molecule has 0 bridgehead atoms. The molecule has 1 aliphatic rings. The number of rotatable bonds is 6. The second kappa shape index (κ2) is 8.82. The zero-order valence-corrected chi connectivity index (χ0v) is 12.7. The Morgan fingerprint density at radius 3 is 2.75 bits per heavy atom. The molecule has 0 aromatic rings. The molecule has 1 saturated heterocycles. The summed E-state index contributed by atoms with van der Waals surface area (Å²) < 4.78 is 0. The molecule has 0 aromatic carbocycles. The van der Waals surface area contributed by atoms with E-state index in [1.54, 1.807) is 6.92 Å². The van der Waals surface area contributed by atoms with E-state index in [9.17, 15) is 9.59 Å². The fraction of sp³-hybridized carbons (Fsp3) is 0.867. The highest BCUT2D eigenvalue weighted by atomic mass is 16.4. The summed E-state index contributed by atoms with van der Waals surface area (Å²) in [7, 11) is 0. The van der Waals surface area contributed by atoms with Gasteiger partial charge in [0.2, 0.25) is 0 Å². The van der Waals surface area contributed by atoms with Gasteiger partial charge in [0.25, 0.3) is 0 Å². The van der Waals surface area contributed by atoms with Gasteiger partial charge in [-0.2, -0.15) is 0 Å². The Morgan fingerprint density at radius 2 is 2.10 bits per heavy atom. The van der Waals surface area contributed by atoms with Crippen molar-refractivity contribution in [1.82, 2.24) is 10.2 Å². The molecule has 2 atom stereocenters. The molecule has 0 aliphatic carbocycles. The average molecular weight is 284 g/mol. The molecule has 1 fully saturated rings. The third kappa shape index (κ3) is 5.80.